The summed E-state index contributed by atoms with van der Waals surface area (Å²) in [6.07, 6.45) is 0.806. The third kappa shape index (κ3) is 4.57. The van der Waals surface area contributed by atoms with Gasteiger partial charge in [0.1, 0.15) is 5.60 Å². The summed E-state index contributed by atoms with van der Waals surface area (Å²) in [4.78, 5) is 25.0. The summed E-state index contributed by atoms with van der Waals surface area (Å²) in [6, 6.07) is 4.51. The van der Waals surface area contributed by atoms with Gasteiger partial charge in [0, 0.05) is 0 Å². The van der Waals surface area contributed by atoms with Crippen molar-refractivity contribution in [1.29, 1.82) is 0 Å². The third-order valence-electron chi connectivity index (χ3n) is 1.76. The van der Waals surface area contributed by atoms with Gasteiger partial charge in [-0.3, -0.25) is 5.32 Å². The first-order chi connectivity index (χ1) is 8.31. The number of ether oxygens (including phenoxy) is 1. The smallest absolute Gasteiger partial charge is 0.412 e. The molecule has 0 unspecified atom stereocenters. The monoisotopic (exact) mass is 268 g/mol. The standard InChI is InChI=1S/C12H13ClN2O3/c1-12(2,3)18-11(17)15-10-5-4-8(14-7-16)6-9(10)13/h4-6H,1-3H3,(H,15,17). The molecule has 0 radical (unpaired) electrons. The van der Waals surface area contributed by atoms with E-state index in [0.717, 1.165) is 0 Å². The Morgan fingerprint density at radius 1 is 1.44 bits per heavy atom. The van der Waals surface area contributed by atoms with E-state index in [1.165, 1.54) is 24.3 Å². The average Bonchev–Trinajstić information content (AvgIpc) is 2.20. The van der Waals surface area contributed by atoms with Crippen LogP contribution in [0.5, 0.6) is 0 Å². The number of halogens is 1. The van der Waals surface area contributed by atoms with Crippen molar-refractivity contribution in [2.75, 3.05) is 5.32 Å². The van der Waals surface area contributed by atoms with Crippen LogP contribution in [-0.2, 0) is 9.53 Å². The van der Waals surface area contributed by atoms with Crippen molar-refractivity contribution in [3.63, 3.8) is 0 Å². The van der Waals surface area contributed by atoms with E-state index in [0.29, 0.717) is 11.4 Å². The molecule has 1 N–H and O–H groups in total. The average molecular weight is 269 g/mol. The van der Waals surface area contributed by atoms with Gasteiger partial charge in [-0.15, -0.1) is 0 Å². The Hall–Kier alpha value is -1.84. The van der Waals surface area contributed by atoms with Crippen molar-refractivity contribution in [2.45, 2.75) is 26.4 Å². The molecule has 0 fully saturated rings. The summed E-state index contributed by atoms with van der Waals surface area (Å²) in [5.74, 6) is 0. The zero-order valence-corrected chi connectivity index (χ0v) is 11.0. The Bertz CT molecular complexity index is 503. The lowest BCUT2D eigenvalue weighted by atomic mass is 10.2. The minimum Gasteiger partial charge on any atom is -0.444 e. The van der Waals surface area contributed by atoms with Crippen LogP contribution in [0.25, 0.3) is 0 Å². The molecule has 1 amide bonds. The number of carbonyl (C=O) groups excluding carboxylic acids is 2. The zero-order chi connectivity index (χ0) is 13.8. The second-order valence-corrected chi connectivity index (χ2v) is 4.90. The summed E-state index contributed by atoms with van der Waals surface area (Å²) in [7, 11) is 0. The molecule has 1 aromatic rings. The number of nitrogens with zero attached hydrogens (tertiary/aromatic N) is 1. The normalized spacial score (nSPS) is 10.4. The second kappa shape index (κ2) is 5.67. The van der Waals surface area contributed by atoms with Gasteiger partial charge in [-0.25, -0.2) is 9.59 Å². The molecular formula is C12H13ClN2O3. The van der Waals surface area contributed by atoms with Gasteiger partial charge >= 0.3 is 6.09 Å². The maximum Gasteiger partial charge on any atom is 0.412 e. The summed E-state index contributed by atoms with van der Waals surface area (Å²) >= 11 is 5.92. The molecule has 5 nitrogen and oxygen atoms in total. The van der Waals surface area contributed by atoms with E-state index in [2.05, 4.69) is 10.3 Å². The predicted molar refractivity (Wildman–Crippen MR) is 69.1 cm³/mol. The molecular weight excluding hydrogens is 256 g/mol. The molecule has 6 heteroatoms. The van der Waals surface area contributed by atoms with Gasteiger partial charge in [-0.2, -0.15) is 4.99 Å². The summed E-state index contributed by atoms with van der Waals surface area (Å²) in [6.45, 7) is 5.28. The topological polar surface area (TPSA) is 67.8 Å². The van der Waals surface area contributed by atoms with E-state index in [4.69, 9.17) is 16.3 Å². The molecule has 96 valence electrons. The number of hydrogen-bond donors (Lipinski definition) is 1. The summed E-state index contributed by atoms with van der Waals surface area (Å²) < 4.78 is 5.08. The number of benzene rings is 1. The molecule has 0 aliphatic carbocycles. The molecule has 18 heavy (non-hydrogen) atoms. The van der Waals surface area contributed by atoms with Gasteiger partial charge in [-0.05, 0) is 39.0 Å². The molecule has 0 aliphatic rings. The molecule has 0 bridgehead atoms. The van der Waals surface area contributed by atoms with Crippen molar-refractivity contribution in [3.05, 3.63) is 23.2 Å². The van der Waals surface area contributed by atoms with Crippen LogP contribution >= 0.6 is 11.6 Å². The van der Waals surface area contributed by atoms with Gasteiger partial charge < -0.3 is 4.74 Å². The Balaban J connectivity index is 2.80. The number of aliphatic imine (C=N–C) groups is 1. The lowest BCUT2D eigenvalue weighted by molar-refractivity contribution is 0.0636. The molecule has 1 aromatic carbocycles. The van der Waals surface area contributed by atoms with Crippen LogP contribution in [0.15, 0.2) is 23.2 Å². The van der Waals surface area contributed by atoms with Gasteiger partial charge in [-0.1, -0.05) is 11.6 Å². The van der Waals surface area contributed by atoms with E-state index in [1.807, 2.05) is 0 Å². The Labute approximate surface area is 110 Å². The van der Waals surface area contributed by atoms with Crippen LogP contribution in [0.2, 0.25) is 5.02 Å². The maximum absolute atomic E-state index is 11.5. The SMILES string of the molecule is CC(C)(C)OC(=O)Nc1ccc(N=C=O)cc1Cl. The van der Waals surface area contributed by atoms with Crippen LogP contribution < -0.4 is 5.32 Å². The van der Waals surface area contributed by atoms with Crippen molar-refractivity contribution in [3.8, 4) is 0 Å². The van der Waals surface area contributed by atoms with E-state index < -0.39 is 11.7 Å². The van der Waals surface area contributed by atoms with Crippen LogP contribution in [0.3, 0.4) is 0 Å². The molecule has 0 aliphatic heterocycles. The Morgan fingerprint density at radius 3 is 2.61 bits per heavy atom. The van der Waals surface area contributed by atoms with Crippen molar-refractivity contribution in [2.24, 2.45) is 4.99 Å². The lowest BCUT2D eigenvalue weighted by Gasteiger charge is -2.19. The fraction of sp³-hybridized carbons (Fsp3) is 0.333. The number of amides is 1. The number of carbonyl (C=O) groups is 1. The van der Waals surface area contributed by atoms with E-state index >= 15 is 0 Å². The Kier molecular flexibility index (Phi) is 4.48. The minimum atomic E-state index is -0.601. The molecule has 1 rings (SSSR count). The molecule has 0 saturated carbocycles. The summed E-state index contributed by atoms with van der Waals surface area (Å²) in [5, 5.41) is 2.76. The first kappa shape index (κ1) is 14.2. The minimum absolute atomic E-state index is 0.261. The highest BCUT2D eigenvalue weighted by molar-refractivity contribution is 6.33. The molecule has 0 atom stereocenters. The highest BCUT2D eigenvalue weighted by Crippen LogP contribution is 2.27. The van der Waals surface area contributed by atoms with Crippen LogP contribution in [-0.4, -0.2) is 17.8 Å². The van der Waals surface area contributed by atoms with Crippen LogP contribution in [0.4, 0.5) is 16.2 Å². The van der Waals surface area contributed by atoms with Crippen molar-refractivity contribution in [1.82, 2.24) is 0 Å². The largest absolute Gasteiger partial charge is 0.444 e. The predicted octanol–water partition coefficient (Wildman–Crippen LogP) is 3.65. The van der Waals surface area contributed by atoms with Gasteiger partial charge in [0.05, 0.1) is 16.4 Å². The fourth-order valence-corrected chi connectivity index (χ4v) is 1.36. The molecule has 0 saturated heterocycles. The highest BCUT2D eigenvalue weighted by atomic mass is 35.5. The number of nitrogens with one attached hydrogen (secondary N) is 1. The summed E-state index contributed by atoms with van der Waals surface area (Å²) in [5.41, 5.74) is 0.165. The van der Waals surface area contributed by atoms with Gasteiger partial charge in [0.15, 0.2) is 0 Å². The Morgan fingerprint density at radius 2 is 2.11 bits per heavy atom. The lowest BCUT2D eigenvalue weighted by Crippen LogP contribution is -2.27. The second-order valence-electron chi connectivity index (χ2n) is 4.49. The number of anilines is 1. The fourth-order valence-electron chi connectivity index (χ4n) is 1.14. The number of rotatable bonds is 2. The number of isocyanates is 1. The maximum atomic E-state index is 11.5. The van der Waals surface area contributed by atoms with Crippen LogP contribution in [0.1, 0.15) is 20.8 Å². The van der Waals surface area contributed by atoms with E-state index in [9.17, 15) is 9.59 Å². The van der Waals surface area contributed by atoms with Gasteiger partial charge in [0.25, 0.3) is 0 Å². The van der Waals surface area contributed by atoms with E-state index in [-0.39, 0.29) is 5.02 Å². The first-order valence-corrected chi connectivity index (χ1v) is 5.57. The highest BCUT2D eigenvalue weighted by Gasteiger charge is 2.17. The first-order valence-electron chi connectivity index (χ1n) is 5.19. The quantitative estimate of drug-likeness (QED) is 0.657. The van der Waals surface area contributed by atoms with Crippen LogP contribution in [0, 0.1) is 0 Å². The van der Waals surface area contributed by atoms with Crippen molar-refractivity contribution >= 4 is 35.1 Å². The van der Waals surface area contributed by atoms with E-state index in [1.54, 1.807) is 20.8 Å². The van der Waals surface area contributed by atoms with Gasteiger partial charge in [0.2, 0.25) is 6.08 Å². The third-order valence-corrected chi connectivity index (χ3v) is 2.08. The molecule has 0 spiro atoms. The van der Waals surface area contributed by atoms with Crippen molar-refractivity contribution < 1.29 is 14.3 Å². The molecule has 0 heterocycles. The molecule has 0 aromatic heterocycles. The zero-order valence-electron chi connectivity index (χ0n) is 10.3. The number of hydrogen-bond acceptors (Lipinski definition) is 4.